The molecule has 0 aliphatic carbocycles. The summed E-state index contributed by atoms with van der Waals surface area (Å²) < 4.78 is -0.0139. The first-order chi connectivity index (χ1) is 4.13. The zero-order valence-electron chi connectivity index (χ0n) is 6.26. The Labute approximate surface area is 56.6 Å². The van der Waals surface area contributed by atoms with E-state index < -0.39 is 0 Å². The van der Waals surface area contributed by atoms with E-state index in [4.69, 9.17) is 0 Å². The maximum atomic E-state index is 11.4. The molecule has 2 nitrogen and oxygen atoms in total. The highest BCUT2D eigenvalue weighted by Crippen LogP contribution is 2.21. The summed E-state index contributed by atoms with van der Waals surface area (Å²) in [6.45, 7) is 2.87. The lowest BCUT2D eigenvalue weighted by Crippen LogP contribution is -2.48. The van der Waals surface area contributed by atoms with Crippen LogP contribution in [0.3, 0.4) is 0 Å². The minimum Gasteiger partial charge on any atom is -0.633 e. The highest BCUT2D eigenvalue weighted by Gasteiger charge is 2.23. The van der Waals surface area contributed by atoms with Crippen molar-refractivity contribution >= 4 is 0 Å². The number of hydroxylamine groups is 3. The van der Waals surface area contributed by atoms with E-state index >= 15 is 0 Å². The Balaban J connectivity index is 2.49. The molecule has 0 bridgehead atoms. The van der Waals surface area contributed by atoms with Crippen LogP contribution >= 0.6 is 0 Å². The van der Waals surface area contributed by atoms with Crippen LogP contribution in [-0.2, 0) is 0 Å². The first kappa shape index (κ1) is 7.03. The molecule has 0 saturated carbocycles. The van der Waals surface area contributed by atoms with Crippen molar-refractivity contribution in [3.05, 3.63) is 5.21 Å². The molecule has 9 heavy (non-hydrogen) atoms. The third kappa shape index (κ3) is 1.43. The number of piperidine rings is 1. The van der Waals surface area contributed by atoms with Crippen LogP contribution in [0.2, 0.25) is 0 Å². The van der Waals surface area contributed by atoms with Crippen molar-refractivity contribution in [2.24, 2.45) is 0 Å². The second-order valence-electron chi connectivity index (χ2n) is 3.24. The Bertz CT molecular complexity index is 101. The molecule has 1 rings (SSSR count). The molecule has 0 spiro atoms. The fourth-order valence-corrected chi connectivity index (χ4v) is 1.36. The number of hydrogen-bond acceptors (Lipinski definition) is 1. The summed E-state index contributed by atoms with van der Waals surface area (Å²) in [7, 11) is 1.78. The van der Waals surface area contributed by atoms with Gasteiger partial charge in [-0.15, -0.1) is 0 Å². The number of rotatable bonds is 0. The maximum Gasteiger partial charge on any atom is 0.0856 e. The van der Waals surface area contributed by atoms with Crippen molar-refractivity contribution in [3.8, 4) is 0 Å². The van der Waals surface area contributed by atoms with E-state index in [-0.39, 0.29) is 4.65 Å². The summed E-state index contributed by atoms with van der Waals surface area (Å²) >= 11 is 0. The fraction of sp³-hybridized carbons (Fsp3) is 1.00. The van der Waals surface area contributed by atoms with Gasteiger partial charge in [-0.05, 0) is 26.2 Å². The van der Waals surface area contributed by atoms with Gasteiger partial charge in [-0.3, -0.25) is 0 Å². The molecule has 0 radical (unpaired) electrons. The normalized spacial score (nSPS) is 45.0. The molecular formula is C7H15NO. The van der Waals surface area contributed by atoms with Crippen LogP contribution in [0.15, 0.2) is 0 Å². The van der Waals surface area contributed by atoms with Gasteiger partial charge in [0.2, 0.25) is 0 Å². The highest BCUT2D eigenvalue weighted by atomic mass is 16.5. The van der Waals surface area contributed by atoms with Crippen LogP contribution in [0, 0.1) is 5.21 Å². The standard InChI is InChI=1S/C7H15NO/c1-7-5-3-4-6-8(7,2)9/h7H,3-6H2,1-2H3/t7-,8-/m1/s1. The molecule has 1 heterocycles. The molecular weight excluding hydrogens is 114 g/mol. The van der Waals surface area contributed by atoms with Gasteiger partial charge >= 0.3 is 0 Å². The van der Waals surface area contributed by atoms with E-state index in [2.05, 4.69) is 0 Å². The molecule has 1 aliphatic heterocycles. The van der Waals surface area contributed by atoms with Gasteiger partial charge in [-0.2, -0.15) is 0 Å². The highest BCUT2D eigenvalue weighted by molar-refractivity contribution is 4.59. The number of likely N-dealkylation sites (tertiary alicyclic amines) is 1. The van der Waals surface area contributed by atoms with Crippen molar-refractivity contribution in [1.82, 2.24) is 0 Å². The number of hydrogen-bond donors (Lipinski definition) is 0. The van der Waals surface area contributed by atoms with E-state index in [0.29, 0.717) is 6.04 Å². The Hall–Kier alpha value is -0.0800. The summed E-state index contributed by atoms with van der Waals surface area (Å²) in [5.74, 6) is 0. The molecule has 1 fully saturated rings. The first-order valence-corrected chi connectivity index (χ1v) is 3.69. The predicted octanol–water partition coefficient (Wildman–Crippen LogP) is 1.50. The van der Waals surface area contributed by atoms with Gasteiger partial charge in [0.25, 0.3) is 0 Å². The first-order valence-electron chi connectivity index (χ1n) is 3.69. The van der Waals surface area contributed by atoms with E-state index in [9.17, 15) is 5.21 Å². The molecule has 0 aromatic carbocycles. The molecule has 0 N–H and O–H groups in total. The minimum atomic E-state index is -0.0139. The molecule has 2 atom stereocenters. The van der Waals surface area contributed by atoms with E-state index in [1.807, 2.05) is 6.92 Å². The molecule has 0 unspecified atom stereocenters. The quantitative estimate of drug-likeness (QED) is 0.359. The maximum absolute atomic E-state index is 11.4. The van der Waals surface area contributed by atoms with Crippen LogP contribution in [0.5, 0.6) is 0 Å². The summed E-state index contributed by atoms with van der Waals surface area (Å²) in [5, 5.41) is 11.4. The lowest BCUT2D eigenvalue weighted by atomic mass is 10.0. The molecule has 54 valence electrons. The van der Waals surface area contributed by atoms with Gasteiger partial charge in [0, 0.05) is 0 Å². The second kappa shape index (κ2) is 2.27. The van der Waals surface area contributed by atoms with E-state index in [1.54, 1.807) is 7.05 Å². The minimum absolute atomic E-state index is 0.0139. The van der Waals surface area contributed by atoms with Gasteiger partial charge < -0.3 is 9.85 Å². The van der Waals surface area contributed by atoms with Gasteiger partial charge in [-0.1, -0.05) is 0 Å². The van der Waals surface area contributed by atoms with Crippen molar-refractivity contribution in [3.63, 3.8) is 0 Å². The lowest BCUT2D eigenvalue weighted by Gasteiger charge is -2.47. The van der Waals surface area contributed by atoms with Gasteiger partial charge in [0.15, 0.2) is 0 Å². The molecule has 0 aromatic rings. The van der Waals surface area contributed by atoms with Gasteiger partial charge in [0.05, 0.1) is 19.6 Å². The van der Waals surface area contributed by atoms with Crippen LogP contribution in [0.4, 0.5) is 0 Å². The van der Waals surface area contributed by atoms with Crippen LogP contribution in [0.25, 0.3) is 0 Å². The van der Waals surface area contributed by atoms with Crippen LogP contribution in [0.1, 0.15) is 26.2 Å². The Morgan fingerprint density at radius 2 is 2.11 bits per heavy atom. The van der Waals surface area contributed by atoms with Crippen LogP contribution < -0.4 is 0 Å². The largest absolute Gasteiger partial charge is 0.633 e. The van der Waals surface area contributed by atoms with Gasteiger partial charge in [0.1, 0.15) is 0 Å². The average molecular weight is 129 g/mol. The fourth-order valence-electron chi connectivity index (χ4n) is 1.36. The Morgan fingerprint density at radius 3 is 2.44 bits per heavy atom. The van der Waals surface area contributed by atoms with E-state index in [1.165, 1.54) is 6.42 Å². The topological polar surface area (TPSA) is 23.1 Å². The van der Waals surface area contributed by atoms with Crippen molar-refractivity contribution in [2.75, 3.05) is 13.6 Å². The Morgan fingerprint density at radius 1 is 1.44 bits per heavy atom. The lowest BCUT2D eigenvalue weighted by molar-refractivity contribution is -0.889. The SMILES string of the molecule is C[C@@H]1CCCC[N@@+]1(C)[O-]. The molecule has 1 aliphatic rings. The summed E-state index contributed by atoms with van der Waals surface area (Å²) in [4.78, 5) is 0. The summed E-state index contributed by atoms with van der Waals surface area (Å²) in [6.07, 6.45) is 3.47. The monoisotopic (exact) mass is 129 g/mol. The van der Waals surface area contributed by atoms with Crippen molar-refractivity contribution in [1.29, 1.82) is 0 Å². The molecule has 1 saturated heterocycles. The second-order valence-corrected chi connectivity index (χ2v) is 3.24. The molecule has 0 amide bonds. The van der Waals surface area contributed by atoms with E-state index in [0.717, 1.165) is 19.4 Å². The summed E-state index contributed by atoms with van der Waals surface area (Å²) in [6, 6.07) is 0.332. The summed E-state index contributed by atoms with van der Waals surface area (Å²) in [5.41, 5.74) is 0. The zero-order chi connectivity index (χ0) is 6.91. The van der Waals surface area contributed by atoms with Gasteiger partial charge in [-0.25, -0.2) is 0 Å². The smallest absolute Gasteiger partial charge is 0.0856 e. The Kier molecular flexibility index (Phi) is 1.78. The third-order valence-electron chi connectivity index (χ3n) is 2.41. The predicted molar refractivity (Wildman–Crippen MR) is 37.7 cm³/mol. The zero-order valence-corrected chi connectivity index (χ0v) is 6.26. The van der Waals surface area contributed by atoms with Crippen molar-refractivity contribution in [2.45, 2.75) is 32.2 Å². The third-order valence-corrected chi connectivity index (χ3v) is 2.41. The molecule has 0 aromatic heterocycles. The van der Waals surface area contributed by atoms with Crippen LogP contribution in [-0.4, -0.2) is 24.3 Å². The number of quaternary nitrogens is 1. The average Bonchev–Trinajstić information content (AvgIpc) is 1.77. The van der Waals surface area contributed by atoms with Crippen molar-refractivity contribution < 1.29 is 4.65 Å². The number of nitrogens with zero attached hydrogens (tertiary/aromatic N) is 1. The molecule has 2 heteroatoms.